The van der Waals surface area contributed by atoms with Gasteiger partial charge >= 0.3 is 5.97 Å². The quantitative estimate of drug-likeness (QED) is 0.883. The summed E-state index contributed by atoms with van der Waals surface area (Å²) in [6, 6.07) is 5.72. The van der Waals surface area contributed by atoms with E-state index in [1.54, 1.807) is 18.0 Å². The largest absolute Gasteiger partial charge is 0.452 e. The first-order valence-electron chi connectivity index (χ1n) is 7.49. The van der Waals surface area contributed by atoms with Crippen LogP contribution in [0.15, 0.2) is 18.2 Å². The van der Waals surface area contributed by atoms with Crippen LogP contribution in [0.3, 0.4) is 0 Å². The Morgan fingerprint density at radius 2 is 2.05 bits per heavy atom. The van der Waals surface area contributed by atoms with Gasteiger partial charge in [-0.15, -0.1) is 0 Å². The van der Waals surface area contributed by atoms with Crippen molar-refractivity contribution in [3.05, 3.63) is 35.0 Å². The van der Waals surface area contributed by atoms with Crippen LogP contribution in [0.2, 0.25) is 0 Å². The second-order valence-electron chi connectivity index (χ2n) is 5.95. The molecule has 1 fully saturated rings. The third kappa shape index (κ3) is 2.71. The summed E-state index contributed by atoms with van der Waals surface area (Å²) in [5.74, 6) is -0.608. The van der Waals surface area contributed by atoms with E-state index in [1.165, 1.54) is 0 Å². The van der Waals surface area contributed by atoms with E-state index in [9.17, 15) is 9.59 Å². The normalized spacial score (nSPS) is 14.1. The van der Waals surface area contributed by atoms with Crippen molar-refractivity contribution in [3.63, 3.8) is 0 Å². The summed E-state index contributed by atoms with van der Waals surface area (Å²) < 4.78 is 5.14. The van der Waals surface area contributed by atoms with Gasteiger partial charge in [0.15, 0.2) is 6.61 Å². The predicted molar refractivity (Wildman–Crippen MR) is 83.8 cm³/mol. The standard InChI is InChI=1S/C17H20N2O3/c1-10-11(2)18-15-7-4-12(8-14(10)15)17(21)22-9-16(20)19(3)13-5-6-13/h4,7-8,13,18H,5-6,9H2,1-3H3. The molecule has 1 aliphatic rings. The molecule has 3 rings (SSSR count). The van der Waals surface area contributed by atoms with E-state index in [4.69, 9.17) is 4.74 Å². The van der Waals surface area contributed by atoms with Gasteiger partial charge in [-0.2, -0.15) is 0 Å². The number of carbonyl (C=O) groups is 2. The van der Waals surface area contributed by atoms with Gasteiger partial charge in [-0.1, -0.05) is 0 Å². The Morgan fingerprint density at radius 1 is 1.32 bits per heavy atom. The number of carbonyl (C=O) groups excluding carboxylic acids is 2. The first kappa shape index (κ1) is 14.6. The minimum atomic E-state index is -0.460. The first-order valence-corrected chi connectivity index (χ1v) is 7.49. The van der Waals surface area contributed by atoms with Gasteiger partial charge in [0.25, 0.3) is 5.91 Å². The number of nitrogens with zero attached hydrogens (tertiary/aromatic N) is 1. The molecule has 1 saturated carbocycles. The van der Waals surface area contributed by atoms with Crippen LogP contribution in [0.4, 0.5) is 0 Å². The number of aromatic amines is 1. The molecule has 116 valence electrons. The van der Waals surface area contributed by atoms with Gasteiger partial charge < -0.3 is 14.6 Å². The van der Waals surface area contributed by atoms with Crippen molar-refractivity contribution in [2.45, 2.75) is 32.7 Å². The lowest BCUT2D eigenvalue weighted by Crippen LogP contribution is -2.32. The minimum Gasteiger partial charge on any atom is -0.452 e. The number of hydrogen-bond acceptors (Lipinski definition) is 3. The number of fused-ring (bicyclic) bond motifs is 1. The average Bonchev–Trinajstić information content (AvgIpc) is 3.31. The van der Waals surface area contributed by atoms with E-state index in [2.05, 4.69) is 4.98 Å². The topological polar surface area (TPSA) is 62.4 Å². The lowest BCUT2D eigenvalue weighted by molar-refractivity contribution is -0.133. The van der Waals surface area contributed by atoms with Crippen molar-refractivity contribution in [1.82, 2.24) is 9.88 Å². The zero-order valence-electron chi connectivity index (χ0n) is 13.1. The molecule has 1 heterocycles. The molecular weight excluding hydrogens is 280 g/mol. The molecule has 1 amide bonds. The second kappa shape index (κ2) is 5.48. The van der Waals surface area contributed by atoms with E-state index in [0.717, 1.165) is 35.0 Å². The Bertz CT molecular complexity index is 744. The maximum atomic E-state index is 12.1. The third-order valence-corrected chi connectivity index (χ3v) is 4.36. The van der Waals surface area contributed by atoms with Crippen molar-refractivity contribution in [3.8, 4) is 0 Å². The monoisotopic (exact) mass is 300 g/mol. The number of rotatable bonds is 4. The number of benzene rings is 1. The highest BCUT2D eigenvalue weighted by Crippen LogP contribution is 2.25. The maximum Gasteiger partial charge on any atom is 0.338 e. The number of H-pyrrole nitrogens is 1. The van der Waals surface area contributed by atoms with Crippen LogP contribution in [-0.4, -0.2) is 41.5 Å². The lowest BCUT2D eigenvalue weighted by atomic mass is 10.1. The molecule has 0 spiro atoms. The fourth-order valence-corrected chi connectivity index (χ4v) is 2.57. The number of hydrogen-bond donors (Lipinski definition) is 1. The van der Waals surface area contributed by atoms with Gasteiger partial charge in [-0.25, -0.2) is 4.79 Å². The Kier molecular flexibility index (Phi) is 3.64. The smallest absolute Gasteiger partial charge is 0.338 e. The molecule has 1 aromatic carbocycles. The number of aryl methyl sites for hydroxylation is 2. The fourth-order valence-electron chi connectivity index (χ4n) is 2.57. The molecule has 5 heteroatoms. The number of esters is 1. The van der Waals surface area contributed by atoms with E-state index >= 15 is 0 Å². The highest BCUT2D eigenvalue weighted by molar-refractivity contribution is 5.96. The van der Waals surface area contributed by atoms with E-state index < -0.39 is 5.97 Å². The molecule has 0 saturated heterocycles. The van der Waals surface area contributed by atoms with Gasteiger partial charge in [-0.3, -0.25) is 4.79 Å². The Balaban J connectivity index is 1.69. The summed E-state index contributed by atoms with van der Waals surface area (Å²) in [4.78, 5) is 28.9. The molecule has 0 bridgehead atoms. The van der Waals surface area contributed by atoms with Gasteiger partial charge in [0.1, 0.15) is 0 Å². The number of ether oxygens (including phenoxy) is 1. The zero-order valence-corrected chi connectivity index (χ0v) is 13.1. The summed E-state index contributed by atoms with van der Waals surface area (Å²) in [6.07, 6.45) is 2.08. The first-order chi connectivity index (χ1) is 10.5. The van der Waals surface area contributed by atoms with Crippen LogP contribution in [0.1, 0.15) is 34.5 Å². The van der Waals surface area contributed by atoms with Gasteiger partial charge in [0.2, 0.25) is 0 Å². The van der Waals surface area contributed by atoms with Gasteiger partial charge in [0, 0.05) is 29.7 Å². The molecule has 0 atom stereocenters. The molecular formula is C17H20N2O3. The van der Waals surface area contributed by atoms with E-state index in [1.807, 2.05) is 26.0 Å². The number of nitrogens with one attached hydrogen (secondary N) is 1. The van der Waals surface area contributed by atoms with Crippen molar-refractivity contribution >= 4 is 22.8 Å². The maximum absolute atomic E-state index is 12.1. The Hall–Kier alpha value is -2.30. The molecule has 22 heavy (non-hydrogen) atoms. The zero-order chi connectivity index (χ0) is 15.9. The summed E-state index contributed by atoms with van der Waals surface area (Å²) in [6.45, 7) is 3.81. The van der Waals surface area contributed by atoms with Gasteiger partial charge in [0.05, 0.1) is 5.56 Å². The molecule has 1 N–H and O–H groups in total. The Labute approximate surface area is 129 Å². The highest BCUT2D eigenvalue weighted by atomic mass is 16.5. The van der Waals surface area contributed by atoms with Crippen LogP contribution in [0.25, 0.3) is 10.9 Å². The van der Waals surface area contributed by atoms with Crippen molar-refractivity contribution in [2.75, 3.05) is 13.7 Å². The van der Waals surface area contributed by atoms with Crippen molar-refractivity contribution < 1.29 is 14.3 Å². The number of aromatic nitrogens is 1. The third-order valence-electron chi connectivity index (χ3n) is 4.36. The predicted octanol–water partition coefficient (Wildman–Crippen LogP) is 2.56. The minimum absolute atomic E-state index is 0.148. The summed E-state index contributed by atoms with van der Waals surface area (Å²) in [7, 11) is 1.76. The SMILES string of the molecule is Cc1[nH]c2ccc(C(=O)OCC(=O)N(C)C3CC3)cc2c1C. The molecule has 2 aromatic rings. The van der Waals surface area contributed by atoms with Crippen LogP contribution in [0.5, 0.6) is 0 Å². The molecule has 5 nitrogen and oxygen atoms in total. The molecule has 1 aromatic heterocycles. The van der Waals surface area contributed by atoms with Crippen molar-refractivity contribution in [1.29, 1.82) is 0 Å². The van der Waals surface area contributed by atoms with E-state index in [-0.39, 0.29) is 12.5 Å². The summed E-state index contributed by atoms with van der Waals surface area (Å²) >= 11 is 0. The van der Waals surface area contributed by atoms with Crippen molar-refractivity contribution in [2.24, 2.45) is 0 Å². The van der Waals surface area contributed by atoms with Crippen LogP contribution >= 0.6 is 0 Å². The fraction of sp³-hybridized carbons (Fsp3) is 0.412. The van der Waals surface area contributed by atoms with Crippen LogP contribution in [0, 0.1) is 13.8 Å². The molecule has 0 aliphatic heterocycles. The number of amides is 1. The van der Waals surface area contributed by atoms with Crippen LogP contribution in [-0.2, 0) is 9.53 Å². The average molecular weight is 300 g/mol. The molecule has 0 unspecified atom stereocenters. The summed E-state index contributed by atoms with van der Waals surface area (Å²) in [5.41, 5.74) is 3.67. The second-order valence-corrected chi connectivity index (χ2v) is 5.95. The summed E-state index contributed by atoms with van der Waals surface area (Å²) in [5, 5.41) is 1.01. The lowest BCUT2D eigenvalue weighted by Gasteiger charge is -2.15. The van der Waals surface area contributed by atoms with Crippen LogP contribution < -0.4 is 0 Å². The number of likely N-dealkylation sites (N-methyl/N-ethyl adjacent to an activating group) is 1. The Morgan fingerprint density at radius 3 is 2.73 bits per heavy atom. The molecule has 1 aliphatic carbocycles. The van der Waals surface area contributed by atoms with E-state index in [0.29, 0.717) is 11.6 Å². The molecule has 0 radical (unpaired) electrons. The highest BCUT2D eigenvalue weighted by Gasteiger charge is 2.29. The van der Waals surface area contributed by atoms with Gasteiger partial charge in [-0.05, 0) is 50.5 Å².